The molecule has 0 radical (unpaired) electrons. The number of hydrogen-bond donors (Lipinski definition) is 1. The van der Waals surface area contributed by atoms with Gasteiger partial charge in [0.05, 0.1) is 19.8 Å². The van der Waals surface area contributed by atoms with Crippen LogP contribution in [0.25, 0.3) is 10.9 Å². The average molecular weight is 402 g/mol. The van der Waals surface area contributed by atoms with Gasteiger partial charge < -0.3 is 23.8 Å². The molecule has 3 heterocycles. The number of nitrogens with zero attached hydrogens (tertiary/aromatic N) is 1. The van der Waals surface area contributed by atoms with E-state index in [0.717, 1.165) is 34.6 Å². The maximum absolute atomic E-state index is 11.8. The number of aromatic nitrogens is 2. The van der Waals surface area contributed by atoms with Crippen molar-refractivity contribution in [1.29, 1.82) is 0 Å². The van der Waals surface area contributed by atoms with Crippen LogP contribution >= 0.6 is 0 Å². The van der Waals surface area contributed by atoms with Crippen LogP contribution in [0.4, 0.5) is 4.79 Å². The molecule has 2 aromatic heterocycles. The normalized spacial score (nSPS) is 14.8. The third kappa shape index (κ3) is 3.01. The minimum Gasteiger partial charge on any atom is -0.497 e. The van der Waals surface area contributed by atoms with Gasteiger partial charge in [0.15, 0.2) is 5.75 Å². The molecular weight excluding hydrogens is 380 g/mol. The second-order valence-corrected chi connectivity index (χ2v) is 7.27. The van der Waals surface area contributed by atoms with E-state index in [2.05, 4.69) is 39.9 Å². The van der Waals surface area contributed by atoms with E-state index in [1.54, 1.807) is 14.0 Å². The molecule has 1 atom stereocenters. The molecule has 1 aliphatic heterocycles. The van der Waals surface area contributed by atoms with E-state index in [4.69, 9.17) is 14.2 Å². The number of para-hydroxylation sites is 1. The fourth-order valence-electron chi connectivity index (χ4n) is 4.26. The van der Waals surface area contributed by atoms with Crippen molar-refractivity contribution < 1.29 is 19.0 Å². The van der Waals surface area contributed by atoms with Gasteiger partial charge in [0.2, 0.25) is 0 Å². The second kappa shape index (κ2) is 7.30. The summed E-state index contributed by atoms with van der Waals surface area (Å²) in [6.45, 7) is 2.03. The zero-order valence-corrected chi connectivity index (χ0v) is 16.8. The summed E-state index contributed by atoms with van der Waals surface area (Å²) in [5.74, 6) is 1.29. The van der Waals surface area contributed by atoms with Crippen LogP contribution in [-0.4, -0.2) is 29.4 Å². The fourth-order valence-corrected chi connectivity index (χ4v) is 4.26. The van der Waals surface area contributed by atoms with Crippen molar-refractivity contribution in [3.05, 3.63) is 83.3 Å². The first kappa shape index (κ1) is 18.4. The molecule has 0 aliphatic carbocycles. The maximum atomic E-state index is 11.8. The minimum absolute atomic E-state index is 0.0680. The Kier molecular flexibility index (Phi) is 4.47. The molecule has 0 fully saturated rings. The SMILES string of the molecule is CCOC(=O)Oc1cc2n(c1)C(c1ccc(OC)cc1)c1[nH]c3ccccc3c1C2. The number of carbonyl (C=O) groups excluding carboxylic acids is 1. The Bertz CT molecular complexity index is 1220. The minimum atomic E-state index is -0.689. The van der Waals surface area contributed by atoms with Crippen molar-refractivity contribution in [2.24, 2.45) is 0 Å². The molecule has 5 rings (SSSR count). The summed E-state index contributed by atoms with van der Waals surface area (Å²) in [5.41, 5.74) is 5.72. The van der Waals surface area contributed by atoms with Crippen LogP contribution in [0.5, 0.6) is 11.5 Å². The first-order valence-electron chi connectivity index (χ1n) is 9.96. The van der Waals surface area contributed by atoms with Crippen molar-refractivity contribution in [3.8, 4) is 11.5 Å². The zero-order valence-electron chi connectivity index (χ0n) is 16.8. The molecule has 6 nitrogen and oxygen atoms in total. The summed E-state index contributed by atoms with van der Waals surface area (Å²) in [6.07, 6.45) is 1.93. The fraction of sp³-hybridized carbons (Fsp3) is 0.208. The highest BCUT2D eigenvalue weighted by atomic mass is 16.7. The van der Waals surface area contributed by atoms with Gasteiger partial charge >= 0.3 is 6.16 Å². The van der Waals surface area contributed by atoms with Crippen LogP contribution in [0.15, 0.2) is 60.8 Å². The Morgan fingerprint density at radius 1 is 1.13 bits per heavy atom. The molecule has 4 aromatic rings. The largest absolute Gasteiger partial charge is 0.513 e. The predicted octanol–water partition coefficient (Wildman–Crippen LogP) is 5.06. The van der Waals surface area contributed by atoms with E-state index in [-0.39, 0.29) is 12.6 Å². The molecule has 30 heavy (non-hydrogen) atoms. The third-order valence-corrected chi connectivity index (χ3v) is 5.56. The van der Waals surface area contributed by atoms with E-state index < -0.39 is 6.16 Å². The molecule has 1 aliphatic rings. The summed E-state index contributed by atoms with van der Waals surface area (Å²) in [4.78, 5) is 15.4. The van der Waals surface area contributed by atoms with Crippen molar-refractivity contribution in [2.75, 3.05) is 13.7 Å². The first-order valence-corrected chi connectivity index (χ1v) is 9.96. The van der Waals surface area contributed by atoms with E-state index in [1.165, 1.54) is 10.9 Å². The van der Waals surface area contributed by atoms with Gasteiger partial charge in [-0.05, 0) is 36.2 Å². The summed E-state index contributed by atoms with van der Waals surface area (Å²) in [7, 11) is 1.66. The molecular formula is C24H22N2O4. The smallest absolute Gasteiger partial charge is 0.497 e. The van der Waals surface area contributed by atoms with Crippen molar-refractivity contribution in [3.63, 3.8) is 0 Å². The highest BCUT2D eigenvalue weighted by molar-refractivity contribution is 5.86. The van der Waals surface area contributed by atoms with E-state index in [1.807, 2.05) is 30.5 Å². The van der Waals surface area contributed by atoms with Crippen LogP contribution < -0.4 is 9.47 Å². The number of H-pyrrole nitrogens is 1. The topological polar surface area (TPSA) is 65.5 Å². The number of aromatic amines is 1. The molecule has 1 N–H and O–H groups in total. The molecule has 2 aromatic carbocycles. The lowest BCUT2D eigenvalue weighted by Gasteiger charge is -2.27. The number of methoxy groups -OCH3 is 1. The Hall–Kier alpha value is -3.67. The Labute approximate surface area is 174 Å². The summed E-state index contributed by atoms with van der Waals surface area (Å²) in [6, 6.07) is 18.3. The summed E-state index contributed by atoms with van der Waals surface area (Å²) >= 11 is 0. The van der Waals surface area contributed by atoms with Crippen LogP contribution in [-0.2, 0) is 11.2 Å². The molecule has 0 spiro atoms. The number of fused-ring (bicyclic) bond motifs is 4. The van der Waals surface area contributed by atoms with Crippen LogP contribution in [0.3, 0.4) is 0 Å². The van der Waals surface area contributed by atoms with Gasteiger partial charge in [-0.25, -0.2) is 4.79 Å². The molecule has 0 saturated heterocycles. The van der Waals surface area contributed by atoms with Crippen LogP contribution in [0, 0.1) is 0 Å². The average Bonchev–Trinajstić information content (AvgIpc) is 3.32. The Morgan fingerprint density at radius 2 is 1.93 bits per heavy atom. The number of ether oxygens (including phenoxy) is 3. The Morgan fingerprint density at radius 3 is 2.70 bits per heavy atom. The van der Waals surface area contributed by atoms with Crippen molar-refractivity contribution >= 4 is 17.1 Å². The summed E-state index contributed by atoms with van der Waals surface area (Å²) in [5, 5.41) is 1.21. The van der Waals surface area contributed by atoms with Gasteiger partial charge in [-0.2, -0.15) is 0 Å². The van der Waals surface area contributed by atoms with Gasteiger partial charge in [-0.1, -0.05) is 30.3 Å². The molecule has 0 saturated carbocycles. The zero-order chi connectivity index (χ0) is 20.7. The second-order valence-electron chi connectivity index (χ2n) is 7.27. The van der Waals surface area contributed by atoms with Gasteiger partial charge in [0.1, 0.15) is 5.75 Å². The van der Waals surface area contributed by atoms with Crippen molar-refractivity contribution in [2.45, 2.75) is 19.4 Å². The van der Waals surface area contributed by atoms with Gasteiger partial charge in [-0.15, -0.1) is 0 Å². The molecule has 0 amide bonds. The Balaban J connectivity index is 1.63. The van der Waals surface area contributed by atoms with E-state index in [0.29, 0.717) is 5.75 Å². The number of nitrogens with one attached hydrogen (secondary N) is 1. The molecule has 152 valence electrons. The maximum Gasteiger partial charge on any atom is 0.513 e. The summed E-state index contributed by atoms with van der Waals surface area (Å²) < 4.78 is 17.8. The lowest BCUT2D eigenvalue weighted by molar-refractivity contribution is 0.104. The van der Waals surface area contributed by atoms with Gasteiger partial charge in [0.25, 0.3) is 0 Å². The van der Waals surface area contributed by atoms with E-state index in [9.17, 15) is 4.79 Å². The lowest BCUT2D eigenvalue weighted by atomic mass is 9.93. The lowest BCUT2D eigenvalue weighted by Crippen LogP contribution is -2.20. The highest BCUT2D eigenvalue weighted by Crippen LogP contribution is 2.41. The van der Waals surface area contributed by atoms with E-state index >= 15 is 0 Å². The van der Waals surface area contributed by atoms with Crippen LogP contribution in [0.1, 0.15) is 35.5 Å². The highest BCUT2D eigenvalue weighted by Gasteiger charge is 2.30. The molecule has 1 unspecified atom stereocenters. The molecule has 0 bridgehead atoms. The predicted molar refractivity (Wildman–Crippen MR) is 113 cm³/mol. The number of carbonyl (C=O) groups is 1. The van der Waals surface area contributed by atoms with Crippen LogP contribution in [0.2, 0.25) is 0 Å². The first-order chi connectivity index (χ1) is 14.7. The quantitative estimate of drug-likeness (QED) is 0.427. The van der Waals surface area contributed by atoms with Gasteiger partial charge in [0, 0.05) is 41.0 Å². The van der Waals surface area contributed by atoms with Gasteiger partial charge in [-0.3, -0.25) is 0 Å². The third-order valence-electron chi connectivity index (χ3n) is 5.56. The number of hydrogen-bond acceptors (Lipinski definition) is 4. The van der Waals surface area contributed by atoms with Crippen molar-refractivity contribution in [1.82, 2.24) is 9.55 Å². The standard InChI is InChI=1S/C24H22N2O4/c1-3-29-24(27)30-18-12-16-13-20-19-6-4-5-7-21(19)25-22(20)23(26(16)14-18)15-8-10-17(28-2)11-9-15/h4-12,14,23,25H,3,13H2,1-2H3. The number of rotatable bonds is 4. The molecule has 6 heteroatoms. The monoisotopic (exact) mass is 402 g/mol. The number of benzene rings is 2.